The number of fused-ring (bicyclic) bond motifs is 1. The van der Waals surface area contributed by atoms with E-state index in [2.05, 4.69) is 29.4 Å². The van der Waals surface area contributed by atoms with Crippen LogP contribution in [-0.2, 0) is 0 Å². The fraction of sp³-hybridized carbons (Fsp3) is 0.471. The number of nitrogen functional groups attached to an aromatic ring is 1. The molecule has 0 atom stereocenters. The van der Waals surface area contributed by atoms with Gasteiger partial charge in [0.15, 0.2) is 0 Å². The van der Waals surface area contributed by atoms with E-state index in [1.165, 1.54) is 37.8 Å². The Morgan fingerprint density at radius 1 is 1.20 bits per heavy atom. The van der Waals surface area contributed by atoms with Crippen LogP contribution in [0.25, 0.3) is 10.9 Å². The summed E-state index contributed by atoms with van der Waals surface area (Å²) >= 11 is 0. The highest BCUT2D eigenvalue weighted by atomic mass is 14.9. The summed E-state index contributed by atoms with van der Waals surface area (Å²) in [4.78, 5) is 4.39. The van der Waals surface area contributed by atoms with Crippen LogP contribution < -0.4 is 11.1 Å². The number of anilines is 2. The van der Waals surface area contributed by atoms with Gasteiger partial charge in [-0.25, -0.2) is 0 Å². The van der Waals surface area contributed by atoms with Crippen LogP contribution in [0.4, 0.5) is 11.4 Å². The quantitative estimate of drug-likeness (QED) is 0.821. The van der Waals surface area contributed by atoms with Gasteiger partial charge in [0, 0.05) is 23.3 Å². The van der Waals surface area contributed by atoms with Crippen molar-refractivity contribution in [1.82, 2.24) is 4.98 Å². The van der Waals surface area contributed by atoms with Crippen LogP contribution in [0.15, 0.2) is 30.5 Å². The molecule has 3 nitrogen and oxygen atoms in total. The molecule has 0 saturated heterocycles. The Labute approximate surface area is 120 Å². The second-order valence-electron chi connectivity index (χ2n) is 5.87. The predicted molar refractivity (Wildman–Crippen MR) is 85.8 cm³/mol. The number of nitrogens with two attached hydrogens (primary N) is 1. The first-order valence-corrected chi connectivity index (χ1v) is 7.67. The molecule has 1 fully saturated rings. The number of rotatable bonds is 3. The minimum Gasteiger partial charge on any atom is -0.397 e. The molecule has 3 N–H and O–H groups in total. The molecule has 1 aromatic heterocycles. The smallest absolute Gasteiger partial charge is 0.0951 e. The SMILES string of the molecule is CCC1CCC(Nc2ccnc3c(N)cccc23)CC1. The lowest BCUT2D eigenvalue weighted by atomic mass is 9.84. The van der Waals surface area contributed by atoms with Crippen LogP contribution in [-0.4, -0.2) is 11.0 Å². The Balaban J connectivity index is 1.80. The van der Waals surface area contributed by atoms with E-state index in [1.54, 1.807) is 0 Å². The summed E-state index contributed by atoms with van der Waals surface area (Å²) in [7, 11) is 0. The molecule has 1 aliphatic carbocycles. The minimum absolute atomic E-state index is 0.588. The Bertz CT molecular complexity index is 586. The van der Waals surface area contributed by atoms with Crippen molar-refractivity contribution in [3.8, 4) is 0 Å². The molecule has 3 heteroatoms. The van der Waals surface area contributed by atoms with Crippen molar-refractivity contribution >= 4 is 22.3 Å². The Morgan fingerprint density at radius 2 is 2.00 bits per heavy atom. The first-order valence-electron chi connectivity index (χ1n) is 7.67. The second-order valence-corrected chi connectivity index (χ2v) is 5.87. The molecule has 106 valence electrons. The van der Waals surface area contributed by atoms with E-state index in [9.17, 15) is 0 Å². The molecule has 0 bridgehead atoms. The van der Waals surface area contributed by atoms with Crippen molar-refractivity contribution in [3.63, 3.8) is 0 Å². The van der Waals surface area contributed by atoms with E-state index in [0.717, 1.165) is 22.5 Å². The molecule has 0 amide bonds. The normalized spacial score (nSPS) is 22.9. The highest BCUT2D eigenvalue weighted by Gasteiger charge is 2.20. The highest BCUT2D eigenvalue weighted by molar-refractivity contribution is 5.97. The first kappa shape index (κ1) is 13.2. The standard InChI is InChI=1S/C17H23N3/c1-2-12-6-8-13(9-7-12)20-16-10-11-19-17-14(16)4-3-5-15(17)18/h3-5,10-13H,2,6-9,18H2,1H3,(H,19,20). The molecule has 1 heterocycles. The summed E-state index contributed by atoms with van der Waals surface area (Å²) in [5.41, 5.74) is 8.83. The van der Waals surface area contributed by atoms with Gasteiger partial charge < -0.3 is 11.1 Å². The van der Waals surface area contributed by atoms with Gasteiger partial charge >= 0.3 is 0 Å². The maximum atomic E-state index is 6.00. The van der Waals surface area contributed by atoms with Crippen molar-refractivity contribution in [2.45, 2.75) is 45.1 Å². The molecular formula is C17H23N3. The Morgan fingerprint density at radius 3 is 2.75 bits per heavy atom. The van der Waals surface area contributed by atoms with Crippen LogP contribution >= 0.6 is 0 Å². The summed E-state index contributed by atoms with van der Waals surface area (Å²) in [6.45, 7) is 2.30. The monoisotopic (exact) mass is 269 g/mol. The van der Waals surface area contributed by atoms with Gasteiger partial charge in [0.2, 0.25) is 0 Å². The summed E-state index contributed by atoms with van der Waals surface area (Å²) in [5.74, 6) is 0.929. The van der Waals surface area contributed by atoms with Gasteiger partial charge in [-0.05, 0) is 43.7 Å². The molecule has 0 aliphatic heterocycles. The average Bonchev–Trinajstić information content (AvgIpc) is 2.49. The average molecular weight is 269 g/mol. The van der Waals surface area contributed by atoms with Crippen LogP contribution in [0.2, 0.25) is 0 Å². The zero-order chi connectivity index (χ0) is 13.9. The summed E-state index contributed by atoms with van der Waals surface area (Å²) in [6.07, 6.45) is 8.40. The van der Waals surface area contributed by atoms with Crippen molar-refractivity contribution in [2.75, 3.05) is 11.1 Å². The highest BCUT2D eigenvalue weighted by Crippen LogP contribution is 2.31. The molecular weight excluding hydrogens is 246 g/mol. The zero-order valence-corrected chi connectivity index (χ0v) is 12.1. The third-order valence-electron chi connectivity index (χ3n) is 4.59. The number of nitrogens with one attached hydrogen (secondary N) is 1. The van der Waals surface area contributed by atoms with Crippen molar-refractivity contribution < 1.29 is 0 Å². The van der Waals surface area contributed by atoms with Crippen molar-refractivity contribution in [3.05, 3.63) is 30.5 Å². The Kier molecular flexibility index (Phi) is 3.77. The number of hydrogen-bond acceptors (Lipinski definition) is 3. The van der Waals surface area contributed by atoms with Gasteiger partial charge in [-0.1, -0.05) is 25.5 Å². The van der Waals surface area contributed by atoms with Crippen LogP contribution in [0.1, 0.15) is 39.0 Å². The van der Waals surface area contributed by atoms with Gasteiger partial charge in [-0.2, -0.15) is 0 Å². The number of pyridine rings is 1. The van der Waals surface area contributed by atoms with Gasteiger partial charge in [0.05, 0.1) is 11.2 Å². The molecule has 0 spiro atoms. The summed E-state index contributed by atoms with van der Waals surface area (Å²) in [5, 5.41) is 4.83. The molecule has 0 radical (unpaired) electrons. The molecule has 3 rings (SSSR count). The van der Waals surface area contributed by atoms with Gasteiger partial charge in [0.25, 0.3) is 0 Å². The maximum Gasteiger partial charge on any atom is 0.0951 e. The largest absolute Gasteiger partial charge is 0.397 e. The van der Waals surface area contributed by atoms with Crippen molar-refractivity contribution in [2.24, 2.45) is 5.92 Å². The number of hydrogen-bond donors (Lipinski definition) is 2. The van der Waals surface area contributed by atoms with E-state index in [0.29, 0.717) is 6.04 Å². The lowest BCUT2D eigenvalue weighted by Gasteiger charge is -2.29. The fourth-order valence-electron chi connectivity index (χ4n) is 3.26. The second kappa shape index (κ2) is 5.70. The number of aromatic nitrogens is 1. The van der Waals surface area contributed by atoms with E-state index in [-0.39, 0.29) is 0 Å². The van der Waals surface area contributed by atoms with Gasteiger partial charge in [-0.3, -0.25) is 4.98 Å². The minimum atomic E-state index is 0.588. The van der Waals surface area contributed by atoms with E-state index in [4.69, 9.17) is 5.73 Å². The molecule has 1 aliphatic rings. The van der Waals surface area contributed by atoms with Gasteiger partial charge in [0.1, 0.15) is 0 Å². The number of benzene rings is 1. The molecule has 20 heavy (non-hydrogen) atoms. The number of para-hydroxylation sites is 1. The van der Waals surface area contributed by atoms with Crippen LogP contribution in [0, 0.1) is 5.92 Å². The molecule has 2 aromatic rings. The number of nitrogens with zero attached hydrogens (tertiary/aromatic N) is 1. The fourth-order valence-corrected chi connectivity index (χ4v) is 3.26. The lowest BCUT2D eigenvalue weighted by molar-refractivity contribution is 0.330. The maximum absolute atomic E-state index is 6.00. The zero-order valence-electron chi connectivity index (χ0n) is 12.1. The van der Waals surface area contributed by atoms with Crippen molar-refractivity contribution in [1.29, 1.82) is 0 Å². The summed E-state index contributed by atoms with van der Waals surface area (Å²) < 4.78 is 0. The van der Waals surface area contributed by atoms with Gasteiger partial charge in [-0.15, -0.1) is 0 Å². The molecule has 0 unspecified atom stereocenters. The molecule has 1 saturated carbocycles. The van der Waals surface area contributed by atoms with E-state index >= 15 is 0 Å². The van der Waals surface area contributed by atoms with Crippen LogP contribution in [0.3, 0.4) is 0 Å². The molecule has 1 aromatic carbocycles. The third kappa shape index (κ3) is 2.58. The lowest BCUT2D eigenvalue weighted by Crippen LogP contribution is -2.26. The van der Waals surface area contributed by atoms with E-state index in [1.807, 2.05) is 18.3 Å². The predicted octanol–water partition coefficient (Wildman–Crippen LogP) is 4.20. The van der Waals surface area contributed by atoms with Crippen LogP contribution in [0.5, 0.6) is 0 Å². The topological polar surface area (TPSA) is 50.9 Å². The summed E-state index contributed by atoms with van der Waals surface area (Å²) in [6, 6.07) is 8.65. The van der Waals surface area contributed by atoms with E-state index < -0.39 is 0 Å². The third-order valence-corrected chi connectivity index (χ3v) is 4.59. The Hall–Kier alpha value is -1.77. The first-order chi connectivity index (χ1) is 9.78.